The molecule has 0 aliphatic carbocycles. The van der Waals surface area contributed by atoms with Crippen LogP contribution in [0.5, 0.6) is 0 Å². The Kier molecular flexibility index (Phi) is 5.53. The largest absolute Gasteiger partial charge is 0.361 e. The van der Waals surface area contributed by atoms with Crippen LogP contribution in [0, 0.1) is 0 Å². The van der Waals surface area contributed by atoms with Gasteiger partial charge in [-0.25, -0.2) is 13.1 Å². The fourth-order valence-corrected chi connectivity index (χ4v) is 4.67. The lowest BCUT2D eigenvalue weighted by Crippen LogP contribution is -2.29. The maximum absolute atomic E-state index is 12.9. The first-order valence-corrected chi connectivity index (χ1v) is 11.2. The molecule has 1 aromatic heterocycles. The molecule has 1 heterocycles. The molecule has 5 nitrogen and oxygen atoms in total. The van der Waals surface area contributed by atoms with E-state index >= 15 is 0 Å². The van der Waals surface area contributed by atoms with E-state index in [9.17, 15) is 13.2 Å². The number of Topliss-reactive ketones (excluding diaryl/α,β-unsaturated/α-hetero) is 1. The predicted molar refractivity (Wildman–Crippen MR) is 118 cm³/mol. The third kappa shape index (κ3) is 4.06. The van der Waals surface area contributed by atoms with Crippen molar-refractivity contribution in [3.8, 4) is 0 Å². The Balaban J connectivity index is 1.65. The van der Waals surface area contributed by atoms with Gasteiger partial charge in [0.1, 0.15) is 0 Å². The number of sulfonamides is 1. The predicted octanol–water partition coefficient (Wildman–Crippen LogP) is 4.48. The van der Waals surface area contributed by atoms with Gasteiger partial charge in [-0.3, -0.25) is 4.79 Å². The van der Waals surface area contributed by atoms with E-state index in [1.165, 1.54) is 31.2 Å². The first kappa shape index (κ1) is 20.1. The summed E-state index contributed by atoms with van der Waals surface area (Å²) in [5, 5.41) is 1.07. The molecule has 6 heteroatoms. The van der Waals surface area contributed by atoms with Crippen LogP contribution < -0.4 is 4.72 Å². The molecule has 0 aliphatic rings. The molecule has 0 aliphatic heterocycles. The number of benzene rings is 3. The van der Waals surface area contributed by atoms with Crippen molar-refractivity contribution in [1.82, 2.24) is 9.71 Å². The van der Waals surface area contributed by atoms with Crippen LogP contribution in [-0.2, 0) is 10.0 Å². The van der Waals surface area contributed by atoms with Crippen molar-refractivity contribution >= 4 is 26.7 Å². The SMILES string of the molecule is CC(=O)c1ccc(S(=O)(=O)NC[C@H](c2ccccc2)c2c[nH]c3ccccc23)cc1. The fraction of sp³-hybridized carbons (Fsp3) is 0.125. The number of nitrogens with one attached hydrogen (secondary N) is 2. The molecular weight excluding hydrogens is 396 g/mol. The van der Waals surface area contributed by atoms with Gasteiger partial charge >= 0.3 is 0 Å². The number of H-pyrrole nitrogens is 1. The van der Waals surface area contributed by atoms with Crippen LogP contribution in [-0.4, -0.2) is 25.7 Å². The number of aromatic amines is 1. The number of ketones is 1. The Morgan fingerprint density at radius 2 is 1.60 bits per heavy atom. The van der Waals surface area contributed by atoms with E-state index in [2.05, 4.69) is 9.71 Å². The van der Waals surface area contributed by atoms with Gasteiger partial charge in [-0.05, 0) is 36.2 Å². The first-order valence-electron chi connectivity index (χ1n) is 9.67. The smallest absolute Gasteiger partial charge is 0.240 e. The molecule has 0 bridgehead atoms. The van der Waals surface area contributed by atoms with Gasteiger partial charge in [-0.2, -0.15) is 0 Å². The number of para-hydroxylation sites is 1. The molecule has 0 fully saturated rings. The summed E-state index contributed by atoms with van der Waals surface area (Å²) in [6.07, 6.45) is 1.94. The molecule has 3 aromatic carbocycles. The van der Waals surface area contributed by atoms with Gasteiger partial charge in [0.05, 0.1) is 4.90 Å². The number of fused-ring (bicyclic) bond motifs is 1. The van der Waals surface area contributed by atoms with Crippen LogP contribution in [0.25, 0.3) is 10.9 Å². The monoisotopic (exact) mass is 418 g/mol. The summed E-state index contributed by atoms with van der Waals surface area (Å²) in [6, 6.07) is 23.8. The van der Waals surface area contributed by atoms with E-state index in [1.807, 2.05) is 60.8 Å². The van der Waals surface area contributed by atoms with Crippen LogP contribution >= 0.6 is 0 Å². The molecular formula is C24H22N2O3S. The van der Waals surface area contributed by atoms with Crippen LogP contribution in [0.4, 0.5) is 0 Å². The summed E-state index contributed by atoms with van der Waals surface area (Å²) < 4.78 is 28.5. The van der Waals surface area contributed by atoms with Crippen molar-refractivity contribution in [2.45, 2.75) is 17.7 Å². The lowest BCUT2D eigenvalue weighted by molar-refractivity contribution is 0.101. The van der Waals surface area contributed by atoms with E-state index in [1.54, 1.807) is 0 Å². The van der Waals surface area contributed by atoms with Gasteiger partial charge < -0.3 is 4.98 Å². The summed E-state index contributed by atoms with van der Waals surface area (Å²) in [5.74, 6) is -0.260. The fourth-order valence-electron chi connectivity index (χ4n) is 3.62. The minimum Gasteiger partial charge on any atom is -0.361 e. The molecule has 1 atom stereocenters. The molecule has 0 amide bonds. The number of rotatable bonds is 7. The van der Waals surface area contributed by atoms with Gasteiger partial charge in [0.2, 0.25) is 10.0 Å². The highest BCUT2D eigenvalue weighted by molar-refractivity contribution is 7.89. The molecule has 0 saturated heterocycles. The van der Waals surface area contributed by atoms with Crippen molar-refractivity contribution in [2.24, 2.45) is 0 Å². The number of carbonyl (C=O) groups is 1. The maximum atomic E-state index is 12.9. The van der Waals surface area contributed by atoms with Gasteiger partial charge in [-0.1, -0.05) is 60.7 Å². The van der Waals surface area contributed by atoms with Gasteiger partial charge in [0.15, 0.2) is 5.78 Å². The Hall–Kier alpha value is -3.22. The van der Waals surface area contributed by atoms with E-state index in [4.69, 9.17) is 0 Å². The topological polar surface area (TPSA) is 79.0 Å². The highest BCUT2D eigenvalue weighted by Gasteiger charge is 2.22. The molecule has 0 spiro atoms. The summed E-state index contributed by atoms with van der Waals surface area (Å²) in [7, 11) is -3.72. The van der Waals surface area contributed by atoms with E-state index < -0.39 is 10.0 Å². The third-order valence-corrected chi connectivity index (χ3v) is 6.69. The van der Waals surface area contributed by atoms with Crippen LogP contribution in [0.2, 0.25) is 0 Å². The molecule has 0 saturated carbocycles. The lowest BCUT2D eigenvalue weighted by Gasteiger charge is -2.18. The van der Waals surface area contributed by atoms with E-state index in [-0.39, 0.29) is 23.1 Å². The minimum absolute atomic E-state index is 0.101. The van der Waals surface area contributed by atoms with Gasteiger partial charge in [0.25, 0.3) is 0 Å². The minimum atomic E-state index is -3.72. The van der Waals surface area contributed by atoms with Crippen molar-refractivity contribution in [3.05, 3.63) is 102 Å². The molecule has 30 heavy (non-hydrogen) atoms. The standard InChI is InChI=1S/C24H22N2O3S/c1-17(27)18-11-13-20(14-12-18)30(28,29)26-16-22(19-7-3-2-4-8-19)23-15-25-24-10-6-5-9-21(23)24/h2-15,22,25-26H,16H2,1H3/t22-/m1/s1. The lowest BCUT2D eigenvalue weighted by atomic mass is 9.91. The van der Waals surface area contributed by atoms with Crippen molar-refractivity contribution in [1.29, 1.82) is 0 Å². The zero-order valence-electron chi connectivity index (χ0n) is 16.5. The summed E-state index contributed by atoms with van der Waals surface area (Å²) in [4.78, 5) is 14.9. The average molecular weight is 419 g/mol. The van der Waals surface area contributed by atoms with E-state index in [0.29, 0.717) is 5.56 Å². The first-order chi connectivity index (χ1) is 14.5. The summed E-state index contributed by atoms with van der Waals surface area (Å²) in [6.45, 7) is 1.66. The van der Waals surface area contributed by atoms with Crippen LogP contribution in [0.15, 0.2) is 90.0 Å². The Morgan fingerprint density at radius 1 is 0.933 bits per heavy atom. The number of aromatic nitrogens is 1. The molecule has 4 rings (SSSR count). The Bertz CT molecular complexity index is 1280. The second-order valence-electron chi connectivity index (χ2n) is 7.19. The molecule has 0 unspecified atom stereocenters. The van der Waals surface area contributed by atoms with Crippen LogP contribution in [0.3, 0.4) is 0 Å². The molecule has 2 N–H and O–H groups in total. The Morgan fingerprint density at radius 3 is 2.30 bits per heavy atom. The summed E-state index contributed by atoms with van der Waals surface area (Å²) >= 11 is 0. The van der Waals surface area contributed by atoms with Crippen molar-refractivity contribution in [2.75, 3.05) is 6.54 Å². The van der Waals surface area contributed by atoms with Crippen molar-refractivity contribution < 1.29 is 13.2 Å². The maximum Gasteiger partial charge on any atom is 0.240 e. The molecule has 0 radical (unpaired) electrons. The Labute approximate surface area is 175 Å². The summed E-state index contributed by atoms with van der Waals surface area (Å²) in [5.41, 5.74) is 3.55. The quantitative estimate of drug-likeness (QED) is 0.434. The van der Waals surface area contributed by atoms with Crippen molar-refractivity contribution in [3.63, 3.8) is 0 Å². The van der Waals surface area contributed by atoms with Gasteiger partial charge in [0, 0.05) is 35.1 Å². The zero-order valence-corrected chi connectivity index (χ0v) is 17.3. The number of carbonyl (C=O) groups excluding carboxylic acids is 1. The third-order valence-electron chi connectivity index (χ3n) is 5.25. The average Bonchev–Trinajstić information content (AvgIpc) is 3.19. The normalized spacial score (nSPS) is 12.7. The number of hydrogen-bond acceptors (Lipinski definition) is 3. The second kappa shape index (κ2) is 8.26. The highest BCUT2D eigenvalue weighted by atomic mass is 32.2. The molecule has 4 aromatic rings. The second-order valence-corrected chi connectivity index (χ2v) is 8.95. The number of hydrogen-bond donors (Lipinski definition) is 2. The molecule has 152 valence electrons. The van der Waals surface area contributed by atoms with E-state index in [0.717, 1.165) is 22.0 Å². The highest BCUT2D eigenvalue weighted by Crippen LogP contribution is 2.30. The zero-order chi connectivity index (χ0) is 21.1. The van der Waals surface area contributed by atoms with Crippen LogP contribution in [0.1, 0.15) is 34.3 Å². The van der Waals surface area contributed by atoms with Gasteiger partial charge in [-0.15, -0.1) is 0 Å².